The highest BCUT2D eigenvalue weighted by molar-refractivity contribution is 7.15. The second kappa shape index (κ2) is 7.61. The Morgan fingerprint density at radius 3 is 3.00 bits per heavy atom. The summed E-state index contributed by atoms with van der Waals surface area (Å²) in [6, 6.07) is 8.65. The number of hydrogen-bond donors (Lipinski definition) is 1. The van der Waals surface area contributed by atoms with Crippen LogP contribution in [0.5, 0.6) is 0 Å². The van der Waals surface area contributed by atoms with E-state index >= 15 is 0 Å². The summed E-state index contributed by atoms with van der Waals surface area (Å²) >= 11 is 3.60. The molecular weight excluding hydrogens is 338 g/mol. The maximum absolute atomic E-state index is 5.86. The Labute approximate surface area is 150 Å². The van der Waals surface area contributed by atoms with Crippen molar-refractivity contribution in [2.75, 3.05) is 13.2 Å². The molecule has 1 N–H and O–H groups in total. The van der Waals surface area contributed by atoms with E-state index < -0.39 is 0 Å². The molecule has 1 aliphatic rings. The first-order valence-electron chi connectivity index (χ1n) is 8.30. The van der Waals surface area contributed by atoms with Gasteiger partial charge in [-0.3, -0.25) is 10.00 Å². The monoisotopic (exact) mass is 359 g/mol. The summed E-state index contributed by atoms with van der Waals surface area (Å²) in [5.41, 5.74) is 2.48. The van der Waals surface area contributed by atoms with Crippen molar-refractivity contribution in [3.63, 3.8) is 0 Å². The third-order valence-corrected chi connectivity index (χ3v) is 6.11. The Hall–Kier alpha value is -1.47. The van der Waals surface area contributed by atoms with Crippen molar-refractivity contribution in [1.29, 1.82) is 0 Å². The van der Waals surface area contributed by atoms with Crippen LogP contribution in [-0.2, 0) is 17.8 Å². The predicted molar refractivity (Wildman–Crippen MR) is 99.3 cm³/mol. The van der Waals surface area contributed by atoms with Crippen molar-refractivity contribution in [3.8, 4) is 10.6 Å². The van der Waals surface area contributed by atoms with Crippen LogP contribution in [0.25, 0.3) is 10.6 Å². The van der Waals surface area contributed by atoms with Gasteiger partial charge in [0.25, 0.3) is 0 Å². The van der Waals surface area contributed by atoms with Crippen LogP contribution >= 0.6 is 22.7 Å². The van der Waals surface area contributed by atoms with E-state index in [2.05, 4.69) is 44.1 Å². The molecule has 0 spiro atoms. The number of thiophene rings is 2. The van der Waals surface area contributed by atoms with Gasteiger partial charge < -0.3 is 4.74 Å². The molecule has 1 atom stereocenters. The van der Waals surface area contributed by atoms with Gasteiger partial charge in [0.2, 0.25) is 0 Å². The number of H-pyrrole nitrogens is 1. The summed E-state index contributed by atoms with van der Waals surface area (Å²) in [6.07, 6.45) is 4.56. The standard InChI is InChI=1S/C18H21N3OS2/c1-2-15(22-8-1)11-21(10-14-6-9-23-13-14)12-16-3-4-18(24-16)17-5-7-19-20-17/h3-7,9,13,15H,1-2,8,10-12H2,(H,19,20). The van der Waals surface area contributed by atoms with Crippen molar-refractivity contribution < 1.29 is 4.74 Å². The number of aromatic amines is 1. The molecule has 1 fully saturated rings. The summed E-state index contributed by atoms with van der Waals surface area (Å²) in [7, 11) is 0. The first-order chi connectivity index (χ1) is 11.9. The van der Waals surface area contributed by atoms with Crippen molar-refractivity contribution in [1.82, 2.24) is 15.1 Å². The molecule has 0 radical (unpaired) electrons. The molecule has 1 saturated heterocycles. The molecule has 1 unspecified atom stereocenters. The average molecular weight is 360 g/mol. The highest BCUT2D eigenvalue weighted by Crippen LogP contribution is 2.28. The zero-order valence-electron chi connectivity index (χ0n) is 13.5. The van der Waals surface area contributed by atoms with Crippen LogP contribution in [0.4, 0.5) is 0 Å². The van der Waals surface area contributed by atoms with Gasteiger partial charge in [0.1, 0.15) is 0 Å². The second-order valence-electron chi connectivity index (χ2n) is 6.17. The Bertz CT molecular complexity index is 730. The maximum atomic E-state index is 5.86. The third kappa shape index (κ3) is 3.95. The molecule has 4 nitrogen and oxygen atoms in total. The fourth-order valence-corrected chi connectivity index (χ4v) is 4.81. The van der Waals surface area contributed by atoms with Gasteiger partial charge in [-0.2, -0.15) is 16.4 Å². The highest BCUT2D eigenvalue weighted by atomic mass is 32.1. The van der Waals surface area contributed by atoms with E-state index in [9.17, 15) is 0 Å². The highest BCUT2D eigenvalue weighted by Gasteiger charge is 2.20. The Kier molecular flexibility index (Phi) is 5.08. The number of aromatic nitrogens is 2. The molecule has 1 aliphatic heterocycles. The number of hydrogen-bond acceptors (Lipinski definition) is 5. The number of rotatable bonds is 7. The van der Waals surface area contributed by atoms with E-state index in [0.29, 0.717) is 6.10 Å². The quantitative estimate of drug-likeness (QED) is 0.680. The smallest absolute Gasteiger partial charge is 0.0749 e. The van der Waals surface area contributed by atoms with E-state index in [1.54, 1.807) is 17.5 Å². The van der Waals surface area contributed by atoms with Gasteiger partial charge in [0.15, 0.2) is 0 Å². The predicted octanol–water partition coefficient (Wildman–Crippen LogP) is 4.38. The third-order valence-electron chi connectivity index (χ3n) is 4.28. The van der Waals surface area contributed by atoms with Crippen LogP contribution < -0.4 is 0 Å². The first kappa shape index (κ1) is 16.0. The summed E-state index contributed by atoms with van der Waals surface area (Å²) in [4.78, 5) is 5.14. The van der Waals surface area contributed by atoms with Crippen LogP contribution in [0.1, 0.15) is 23.3 Å². The molecular formula is C18H21N3OS2. The van der Waals surface area contributed by atoms with Gasteiger partial charge in [0, 0.05) is 37.3 Å². The van der Waals surface area contributed by atoms with Crippen LogP contribution in [0.15, 0.2) is 41.2 Å². The Balaban J connectivity index is 1.46. The summed E-state index contributed by atoms with van der Waals surface area (Å²) in [6.45, 7) is 3.88. The summed E-state index contributed by atoms with van der Waals surface area (Å²) in [5, 5.41) is 11.5. The van der Waals surface area contributed by atoms with E-state index in [0.717, 1.165) is 31.9 Å². The molecule has 4 heterocycles. The molecule has 0 aromatic carbocycles. The molecule has 6 heteroatoms. The maximum Gasteiger partial charge on any atom is 0.0749 e. The molecule has 3 aromatic heterocycles. The summed E-state index contributed by atoms with van der Waals surface area (Å²) in [5.74, 6) is 0. The fourth-order valence-electron chi connectivity index (χ4n) is 3.12. The lowest BCUT2D eigenvalue weighted by molar-refractivity contribution is 0.0683. The van der Waals surface area contributed by atoms with Gasteiger partial charge in [-0.25, -0.2) is 0 Å². The molecule has 4 rings (SSSR count). The van der Waals surface area contributed by atoms with Gasteiger partial charge in [-0.05, 0) is 53.4 Å². The van der Waals surface area contributed by atoms with E-state index in [-0.39, 0.29) is 0 Å². The van der Waals surface area contributed by atoms with Crippen molar-refractivity contribution >= 4 is 22.7 Å². The summed E-state index contributed by atoms with van der Waals surface area (Å²) < 4.78 is 5.86. The largest absolute Gasteiger partial charge is 0.377 e. The number of nitrogens with zero attached hydrogens (tertiary/aromatic N) is 2. The van der Waals surface area contributed by atoms with Gasteiger partial charge >= 0.3 is 0 Å². The topological polar surface area (TPSA) is 41.1 Å². The minimum Gasteiger partial charge on any atom is -0.377 e. The van der Waals surface area contributed by atoms with E-state index in [1.807, 2.05) is 17.4 Å². The zero-order chi connectivity index (χ0) is 16.2. The van der Waals surface area contributed by atoms with E-state index in [1.165, 1.54) is 28.2 Å². The van der Waals surface area contributed by atoms with Crippen molar-refractivity contribution in [2.45, 2.75) is 32.0 Å². The molecule has 0 saturated carbocycles. The second-order valence-corrected chi connectivity index (χ2v) is 8.12. The van der Waals surface area contributed by atoms with Crippen molar-refractivity contribution in [2.24, 2.45) is 0 Å². The molecule has 3 aromatic rings. The van der Waals surface area contributed by atoms with Crippen LogP contribution in [0.3, 0.4) is 0 Å². The van der Waals surface area contributed by atoms with Crippen LogP contribution in [0.2, 0.25) is 0 Å². The lowest BCUT2D eigenvalue weighted by Gasteiger charge is -2.24. The Morgan fingerprint density at radius 1 is 1.25 bits per heavy atom. The van der Waals surface area contributed by atoms with Gasteiger partial charge in [-0.15, -0.1) is 11.3 Å². The first-order valence-corrected chi connectivity index (χ1v) is 10.1. The van der Waals surface area contributed by atoms with Gasteiger partial charge in [-0.1, -0.05) is 0 Å². The minimum absolute atomic E-state index is 0.385. The molecule has 0 aliphatic carbocycles. The zero-order valence-corrected chi connectivity index (χ0v) is 15.1. The van der Waals surface area contributed by atoms with Crippen LogP contribution in [0, 0.1) is 0 Å². The molecule has 24 heavy (non-hydrogen) atoms. The normalized spacial score (nSPS) is 17.8. The van der Waals surface area contributed by atoms with Crippen LogP contribution in [-0.4, -0.2) is 34.4 Å². The van der Waals surface area contributed by atoms with Crippen molar-refractivity contribution in [3.05, 3.63) is 51.7 Å². The molecule has 0 bridgehead atoms. The number of nitrogens with one attached hydrogen (secondary N) is 1. The lowest BCUT2D eigenvalue weighted by atomic mass is 10.2. The molecule has 0 amide bonds. The lowest BCUT2D eigenvalue weighted by Crippen LogP contribution is -2.31. The van der Waals surface area contributed by atoms with Gasteiger partial charge in [0.05, 0.1) is 16.7 Å². The molecule has 126 valence electrons. The minimum atomic E-state index is 0.385. The average Bonchev–Trinajstić information content (AvgIpc) is 3.37. The fraction of sp³-hybridized carbons (Fsp3) is 0.389. The Morgan fingerprint density at radius 2 is 2.25 bits per heavy atom. The SMILES string of the molecule is c1cc(-c2ccc(CN(Cc3ccsc3)CC3CCCO3)s2)[nH]n1. The number of ether oxygens (including phenoxy) is 1. The van der Waals surface area contributed by atoms with E-state index in [4.69, 9.17) is 4.74 Å².